The molecular weight excluding hydrogens is 206 g/mol. The minimum atomic E-state index is -0.351. The molecule has 1 aromatic rings. The van der Waals surface area contributed by atoms with Crippen molar-refractivity contribution in [3.63, 3.8) is 0 Å². The lowest BCUT2D eigenvalue weighted by molar-refractivity contribution is 0.152. The molecule has 1 saturated carbocycles. The highest BCUT2D eigenvalue weighted by Gasteiger charge is 2.27. The van der Waals surface area contributed by atoms with E-state index >= 15 is 0 Å². The Bertz CT molecular complexity index is 358. The van der Waals surface area contributed by atoms with Crippen LogP contribution in [0.4, 0.5) is 4.79 Å². The number of alkyl carbamates (subject to hydrolysis) is 1. The molecule has 1 heterocycles. The average Bonchev–Trinajstić information content (AvgIpc) is 3.00. The van der Waals surface area contributed by atoms with Crippen molar-refractivity contribution in [1.29, 1.82) is 0 Å². The molecule has 0 aliphatic heterocycles. The van der Waals surface area contributed by atoms with Crippen molar-refractivity contribution in [2.45, 2.75) is 32.2 Å². The Balaban J connectivity index is 1.76. The van der Waals surface area contributed by atoms with Gasteiger partial charge in [-0.25, -0.2) is 9.78 Å². The summed E-state index contributed by atoms with van der Waals surface area (Å²) in [4.78, 5) is 15.4. The zero-order valence-electron chi connectivity index (χ0n) is 9.48. The van der Waals surface area contributed by atoms with Crippen LogP contribution in [0.25, 0.3) is 0 Å². The fourth-order valence-corrected chi connectivity index (χ4v) is 1.67. The molecule has 0 radical (unpaired) electrons. The number of nitrogens with zero attached hydrogens (tertiary/aromatic N) is 2. The molecule has 1 N–H and O–H groups in total. The van der Waals surface area contributed by atoms with Gasteiger partial charge in [0.25, 0.3) is 0 Å². The number of nitrogens with one attached hydrogen (secondary N) is 1. The van der Waals surface area contributed by atoms with Gasteiger partial charge < -0.3 is 14.6 Å². The number of aromatic nitrogens is 2. The Hall–Kier alpha value is -1.52. The summed E-state index contributed by atoms with van der Waals surface area (Å²) in [6.07, 6.45) is 5.90. The highest BCUT2D eigenvalue weighted by atomic mass is 16.5. The maximum atomic E-state index is 11.0. The average molecular weight is 223 g/mol. The van der Waals surface area contributed by atoms with Crippen LogP contribution >= 0.6 is 0 Å². The second kappa shape index (κ2) is 5.01. The zero-order valence-corrected chi connectivity index (χ0v) is 9.48. The first kappa shape index (κ1) is 11.0. The van der Waals surface area contributed by atoms with Crippen LogP contribution in [0.3, 0.4) is 0 Å². The van der Waals surface area contributed by atoms with Crippen LogP contribution in [-0.4, -0.2) is 28.8 Å². The standard InChI is InChI=1S/C11H17N3O2/c1-2-16-11(15)13-6-8-14-7-5-12-10(14)9-3-4-9/h5,7,9H,2-4,6,8H2,1H3,(H,13,15). The van der Waals surface area contributed by atoms with Crippen LogP contribution in [-0.2, 0) is 11.3 Å². The van der Waals surface area contributed by atoms with Gasteiger partial charge in [-0.2, -0.15) is 0 Å². The number of carbonyl (C=O) groups excluding carboxylic acids is 1. The van der Waals surface area contributed by atoms with Crippen molar-refractivity contribution < 1.29 is 9.53 Å². The van der Waals surface area contributed by atoms with Crippen molar-refractivity contribution >= 4 is 6.09 Å². The fourth-order valence-electron chi connectivity index (χ4n) is 1.67. The number of ether oxygens (including phenoxy) is 1. The van der Waals surface area contributed by atoms with E-state index in [0.717, 1.165) is 12.4 Å². The van der Waals surface area contributed by atoms with Crippen molar-refractivity contribution in [2.75, 3.05) is 13.2 Å². The van der Waals surface area contributed by atoms with Gasteiger partial charge in [0.2, 0.25) is 0 Å². The summed E-state index contributed by atoms with van der Waals surface area (Å²) in [5, 5.41) is 2.70. The summed E-state index contributed by atoms with van der Waals surface area (Å²) in [6, 6.07) is 0. The van der Waals surface area contributed by atoms with Gasteiger partial charge in [0, 0.05) is 31.4 Å². The second-order valence-electron chi connectivity index (χ2n) is 3.90. The van der Waals surface area contributed by atoms with Gasteiger partial charge in [-0.1, -0.05) is 0 Å². The zero-order chi connectivity index (χ0) is 11.4. The number of imidazole rings is 1. The second-order valence-corrected chi connectivity index (χ2v) is 3.90. The highest BCUT2D eigenvalue weighted by Crippen LogP contribution is 2.38. The molecule has 1 fully saturated rings. The van der Waals surface area contributed by atoms with Gasteiger partial charge in [-0.3, -0.25) is 0 Å². The molecule has 0 aromatic carbocycles. The molecule has 5 nitrogen and oxygen atoms in total. The van der Waals surface area contributed by atoms with E-state index in [9.17, 15) is 4.79 Å². The number of hydrogen-bond donors (Lipinski definition) is 1. The van der Waals surface area contributed by atoms with E-state index in [1.54, 1.807) is 6.92 Å². The quantitative estimate of drug-likeness (QED) is 0.823. The molecule has 1 amide bonds. The number of hydrogen-bond acceptors (Lipinski definition) is 3. The van der Waals surface area contributed by atoms with Gasteiger partial charge in [-0.15, -0.1) is 0 Å². The largest absolute Gasteiger partial charge is 0.450 e. The van der Waals surface area contributed by atoms with Crippen molar-refractivity contribution in [2.24, 2.45) is 0 Å². The summed E-state index contributed by atoms with van der Waals surface area (Å²) < 4.78 is 6.88. The topological polar surface area (TPSA) is 56.1 Å². The first-order chi connectivity index (χ1) is 7.81. The number of amides is 1. The monoisotopic (exact) mass is 223 g/mol. The van der Waals surface area contributed by atoms with Crippen molar-refractivity contribution in [1.82, 2.24) is 14.9 Å². The molecule has 0 unspecified atom stereocenters. The summed E-state index contributed by atoms with van der Waals surface area (Å²) in [6.45, 7) is 3.53. The molecule has 88 valence electrons. The predicted octanol–water partition coefficient (Wildman–Crippen LogP) is 1.51. The summed E-state index contributed by atoms with van der Waals surface area (Å²) in [7, 11) is 0. The highest BCUT2D eigenvalue weighted by molar-refractivity contribution is 5.66. The van der Waals surface area contributed by atoms with E-state index in [-0.39, 0.29) is 6.09 Å². The minimum Gasteiger partial charge on any atom is -0.450 e. The van der Waals surface area contributed by atoms with E-state index in [1.165, 1.54) is 12.8 Å². The molecule has 1 aliphatic carbocycles. The van der Waals surface area contributed by atoms with Gasteiger partial charge in [-0.05, 0) is 19.8 Å². The lowest BCUT2D eigenvalue weighted by Crippen LogP contribution is -2.28. The first-order valence-corrected chi connectivity index (χ1v) is 5.73. The maximum Gasteiger partial charge on any atom is 0.407 e. The molecule has 0 bridgehead atoms. The van der Waals surface area contributed by atoms with Gasteiger partial charge in [0.1, 0.15) is 5.82 Å². The van der Waals surface area contributed by atoms with Crippen molar-refractivity contribution in [3.05, 3.63) is 18.2 Å². The van der Waals surface area contributed by atoms with Gasteiger partial charge >= 0.3 is 6.09 Å². The van der Waals surface area contributed by atoms with E-state index < -0.39 is 0 Å². The smallest absolute Gasteiger partial charge is 0.407 e. The third-order valence-corrected chi connectivity index (χ3v) is 2.59. The van der Waals surface area contributed by atoms with Gasteiger partial charge in [0.15, 0.2) is 0 Å². The first-order valence-electron chi connectivity index (χ1n) is 5.73. The Kier molecular flexibility index (Phi) is 3.44. The van der Waals surface area contributed by atoms with Crippen molar-refractivity contribution in [3.8, 4) is 0 Å². The normalized spacial score (nSPS) is 14.8. The summed E-state index contributed by atoms with van der Waals surface area (Å²) in [5.41, 5.74) is 0. The Labute approximate surface area is 94.8 Å². The molecule has 16 heavy (non-hydrogen) atoms. The van der Waals surface area contributed by atoms with Crippen LogP contribution in [0.5, 0.6) is 0 Å². The summed E-state index contributed by atoms with van der Waals surface area (Å²) in [5.74, 6) is 1.78. The SMILES string of the molecule is CCOC(=O)NCCn1ccnc1C1CC1. The third kappa shape index (κ3) is 2.74. The molecule has 2 rings (SSSR count). The minimum absolute atomic E-state index is 0.351. The van der Waals surface area contributed by atoms with Crippen LogP contribution in [0.2, 0.25) is 0 Å². The molecule has 0 saturated heterocycles. The maximum absolute atomic E-state index is 11.0. The summed E-state index contributed by atoms with van der Waals surface area (Å²) >= 11 is 0. The third-order valence-electron chi connectivity index (χ3n) is 2.59. The van der Waals surface area contributed by atoms with Crippen LogP contribution < -0.4 is 5.32 Å². The van der Waals surface area contributed by atoms with Crippen LogP contribution in [0.15, 0.2) is 12.4 Å². The lowest BCUT2D eigenvalue weighted by Gasteiger charge is -2.08. The molecular formula is C11H17N3O2. The molecule has 5 heteroatoms. The number of rotatable bonds is 5. The Morgan fingerprint density at radius 1 is 1.69 bits per heavy atom. The predicted molar refractivity (Wildman–Crippen MR) is 59.2 cm³/mol. The Morgan fingerprint density at radius 2 is 2.50 bits per heavy atom. The van der Waals surface area contributed by atoms with Gasteiger partial charge in [0.05, 0.1) is 6.61 Å². The number of carbonyl (C=O) groups is 1. The van der Waals surface area contributed by atoms with E-state index in [2.05, 4.69) is 14.9 Å². The van der Waals surface area contributed by atoms with Crippen LogP contribution in [0.1, 0.15) is 31.5 Å². The molecule has 0 atom stereocenters. The Morgan fingerprint density at radius 3 is 3.19 bits per heavy atom. The fraction of sp³-hybridized carbons (Fsp3) is 0.636. The molecule has 0 spiro atoms. The van der Waals surface area contributed by atoms with E-state index in [0.29, 0.717) is 19.1 Å². The van der Waals surface area contributed by atoms with E-state index in [4.69, 9.17) is 4.74 Å². The lowest BCUT2D eigenvalue weighted by atomic mass is 10.4. The molecule has 1 aromatic heterocycles. The molecule has 1 aliphatic rings. The van der Waals surface area contributed by atoms with E-state index in [1.807, 2.05) is 12.4 Å². The van der Waals surface area contributed by atoms with Crippen LogP contribution in [0, 0.1) is 0 Å².